The van der Waals surface area contributed by atoms with Crippen LogP contribution in [-0.2, 0) is 6.54 Å². The molecule has 0 saturated carbocycles. The molecule has 0 spiro atoms. The molecule has 3 heteroatoms. The summed E-state index contributed by atoms with van der Waals surface area (Å²) in [5.41, 5.74) is 3.05. The molecule has 3 nitrogen and oxygen atoms in total. The Morgan fingerprint density at radius 1 is 0.944 bits per heavy atom. The van der Waals surface area contributed by atoms with E-state index in [2.05, 4.69) is 27.4 Å². The standard InChI is InChI=1S/C15H13N3/c1-2-7-15-12(5-1)9-14(11-18-15)17-10-13-6-3-4-8-16-13/h1-9,11,17H,10H2. The third-order valence-corrected chi connectivity index (χ3v) is 2.79. The zero-order chi connectivity index (χ0) is 12.2. The van der Waals surface area contributed by atoms with Gasteiger partial charge >= 0.3 is 0 Å². The lowest BCUT2D eigenvalue weighted by Crippen LogP contribution is -2.01. The van der Waals surface area contributed by atoms with Crippen LogP contribution in [0.25, 0.3) is 10.9 Å². The zero-order valence-corrected chi connectivity index (χ0v) is 9.88. The molecule has 0 amide bonds. The molecule has 2 aromatic heterocycles. The van der Waals surface area contributed by atoms with Crippen LogP contribution < -0.4 is 5.32 Å². The largest absolute Gasteiger partial charge is 0.378 e. The minimum atomic E-state index is 0.709. The average molecular weight is 235 g/mol. The molecule has 0 atom stereocenters. The highest BCUT2D eigenvalue weighted by Crippen LogP contribution is 2.16. The molecule has 0 aliphatic rings. The summed E-state index contributed by atoms with van der Waals surface area (Å²) in [5.74, 6) is 0. The first-order valence-corrected chi connectivity index (χ1v) is 5.90. The topological polar surface area (TPSA) is 37.8 Å². The summed E-state index contributed by atoms with van der Waals surface area (Å²) in [5, 5.41) is 4.47. The molecule has 0 unspecified atom stereocenters. The second-order valence-corrected chi connectivity index (χ2v) is 4.09. The van der Waals surface area contributed by atoms with E-state index in [1.165, 1.54) is 0 Å². The number of pyridine rings is 2. The maximum absolute atomic E-state index is 4.41. The Morgan fingerprint density at radius 3 is 2.72 bits per heavy atom. The molecule has 2 heterocycles. The second kappa shape index (κ2) is 4.84. The number of aromatic nitrogens is 2. The fourth-order valence-electron chi connectivity index (χ4n) is 1.86. The average Bonchev–Trinajstić information content (AvgIpc) is 2.46. The molecular formula is C15H13N3. The summed E-state index contributed by atoms with van der Waals surface area (Å²) in [7, 11) is 0. The van der Waals surface area contributed by atoms with Crippen LogP contribution in [0.4, 0.5) is 5.69 Å². The van der Waals surface area contributed by atoms with Gasteiger partial charge in [0.1, 0.15) is 0 Å². The first kappa shape index (κ1) is 10.7. The predicted molar refractivity (Wildman–Crippen MR) is 73.3 cm³/mol. The van der Waals surface area contributed by atoms with E-state index in [0.29, 0.717) is 6.54 Å². The summed E-state index contributed by atoms with van der Waals surface area (Å²) in [6.07, 6.45) is 3.65. The smallest absolute Gasteiger partial charge is 0.0703 e. The highest BCUT2D eigenvalue weighted by molar-refractivity contribution is 5.81. The Hall–Kier alpha value is -2.42. The first-order valence-electron chi connectivity index (χ1n) is 5.90. The summed E-state index contributed by atoms with van der Waals surface area (Å²) < 4.78 is 0. The van der Waals surface area contributed by atoms with Gasteiger partial charge in [-0.05, 0) is 24.3 Å². The molecule has 0 radical (unpaired) electrons. The number of fused-ring (bicyclic) bond motifs is 1. The Morgan fingerprint density at radius 2 is 1.83 bits per heavy atom. The van der Waals surface area contributed by atoms with Crippen LogP contribution in [0.3, 0.4) is 0 Å². The number of para-hydroxylation sites is 1. The zero-order valence-electron chi connectivity index (χ0n) is 9.88. The minimum absolute atomic E-state index is 0.709. The van der Waals surface area contributed by atoms with Gasteiger partial charge in [-0.3, -0.25) is 9.97 Å². The van der Waals surface area contributed by atoms with Crippen LogP contribution in [0.5, 0.6) is 0 Å². The van der Waals surface area contributed by atoms with Crippen molar-refractivity contribution in [1.82, 2.24) is 9.97 Å². The van der Waals surface area contributed by atoms with Crippen molar-refractivity contribution in [3.05, 3.63) is 66.6 Å². The molecule has 0 bridgehead atoms. The number of rotatable bonds is 3. The quantitative estimate of drug-likeness (QED) is 0.757. The van der Waals surface area contributed by atoms with Gasteiger partial charge in [-0.2, -0.15) is 0 Å². The van der Waals surface area contributed by atoms with E-state index in [4.69, 9.17) is 0 Å². The van der Waals surface area contributed by atoms with Gasteiger partial charge in [0.2, 0.25) is 0 Å². The van der Waals surface area contributed by atoms with E-state index in [-0.39, 0.29) is 0 Å². The minimum Gasteiger partial charge on any atom is -0.378 e. The van der Waals surface area contributed by atoms with E-state index in [1.807, 2.05) is 42.6 Å². The van der Waals surface area contributed by atoms with Gasteiger partial charge in [0.15, 0.2) is 0 Å². The van der Waals surface area contributed by atoms with Crippen molar-refractivity contribution < 1.29 is 0 Å². The van der Waals surface area contributed by atoms with Crippen LogP contribution in [-0.4, -0.2) is 9.97 Å². The van der Waals surface area contributed by atoms with E-state index < -0.39 is 0 Å². The third kappa shape index (κ3) is 2.30. The number of anilines is 1. The van der Waals surface area contributed by atoms with Crippen molar-refractivity contribution in [3.8, 4) is 0 Å². The molecule has 1 aromatic carbocycles. The lowest BCUT2D eigenvalue weighted by Gasteiger charge is -2.06. The highest BCUT2D eigenvalue weighted by atomic mass is 14.9. The maximum atomic E-state index is 4.41. The van der Waals surface area contributed by atoms with Crippen molar-refractivity contribution in [2.24, 2.45) is 0 Å². The van der Waals surface area contributed by atoms with Crippen LogP contribution in [0.2, 0.25) is 0 Å². The van der Waals surface area contributed by atoms with Crippen molar-refractivity contribution in [2.45, 2.75) is 6.54 Å². The predicted octanol–water partition coefficient (Wildman–Crippen LogP) is 3.24. The molecule has 88 valence electrons. The summed E-state index contributed by atoms with van der Waals surface area (Å²) in [4.78, 5) is 8.68. The third-order valence-electron chi connectivity index (χ3n) is 2.79. The molecule has 0 aliphatic carbocycles. The second-order valence-electron chi connectivity index (χ2n) is 4.09. The van der Waals surface area contributed by atoms with Gasteiger partial charge in [-0.15, -0.1) is 0 Å². The van der Waals surface area contributed by atoms with Crippen LogP contribution in [0, 0.1) is 0 Å². The van der Waals surface area contributed by atoms with Gasteiger partial charge in [-0.1, -0.05) is 24.3 Å². The Bertz CT molecular complexity index is 650. The van der Waals surface area contributed by atoms with Gasteiger partial charge in [0, 0.05) is 11.6 Å². The van der Waals surface area contributed by atoms with Crippen LogP contribution in [0.1, 0.15) is 5.69 Å². The SMILES string of the molecule is c1ccc(CNc2cnc3ccccc3c2)nc1. The number of hydrogen-bond acceptors (Lipinski definition) is 3. The lowest BCUT2D eigenvalue weighted by molar-refractivity contribution is 1.04. The van der Waals surface area contributed by atoms with Crippen molar-refractivity contribution >= 4 is 16.6 Å². The van der Waals surface area contributed by atoms with E-state index in [9.17, 15) is 0 Å². The normalized spacial score (nSPS) is 10.4. The molecule has 18 heavy (non-hydrogen) atoms. The molecule has 0 fully saturated rings. The van der Waals surface area contributed by atoms with Gasteiger partial charge in [0.25, 0.3) is 0 Å². The van der Waals surface area contributed by atoms with Crippen molar-refractivity contribution in [3.63, 3.8) is 0 Å². The molecule has 3 aromatic rings. The number of nitrogens with one attached hydrogen (secondary N) is 1. The summed E-state index contributed by atoms with van der Waals surface area (Å²) >= 11 is 0. The Balaban J connectivity index is 1.79. The summed E-state index contributed by atoms with van der Waals surface area (Å²) in [6.45, 7) is 0.709. The van der Waals surface area contributed by atoms with Crippen molar-refractivity contribution in [1.29, 1.82) is 0 Å². The fourth-order valence-corrected chi connectivity index (χ4v) is 1.86. The number of hydrogen-bond donors (Lipinski definition) is 1. The Labute approximate surface area is 106 Å². The van der Waals surface area contributed by atoms with E-state index in [0.717, 1.165) is 22.3 Å². The lowest BCUT2D eigenvalue weighted by atomic mass is 10.2. The molecule has 1 N–H and O–H groups in total. The molecule has 0 saturated heterocycles. The molecule has 3 rings (SSSR count). The van der Waals surface area contributed by atoms with Gasteiger partial charge < -0.3 is 5.32 Å². The number of nitrogens with zero attached hydrogens (tertiary/aromatic N) is 2. The van der Waals surface area contributed by atoms with Crippen molar-refractivity contribution in [2.75, 3.05) is 5.32 Å². The maximum Gasteiger partial charge on any atom is 0.0703 e. The Kier molecular flexibility index (Phi) is 2.88. The van der Waals surface area contributed by atoms with E-state index in [1.54, 1.807) is 6.20 Å². The van der Waals surface area contributed by atoms with Crippen LogP contribution >= 0.6 is 0 Å². The highest BCUT2D eigenvalue weighted by Gasteiger charge is 1.97. The van der Waals surface area contributed by atoms with Gasteiger partial charge in [0.05, 0.1) is 29.6 Å². The fraction of sp³-hybridized carbons (Fsp3) is 0.0667. The first-order chi connectivity index (χ1) is 8.92. The summed E-state index contributed by atoms with van der Waals surface area (Å²) in [6, 6.07) is 16.1. The molecular weight excluding hydrogens is 222 g/mol. The van der Waals surface area contributed by atoms with Gasteiger partial charge in [-0.25, -0.2) is 0 Å². The number of benzene rings is 1. The van der Waals surface area contributed by atoms with E-state index >= 15 is 0 Å². The molecule has 0 aliphatic heterocycles. The van der Waals surface area contributed by atoms with Crippen LogP contribution in [0.15, 0.2) is 60.9 Å². The monoisotopic (exact) mass is 235 g/mol.